The SMILES string of the molecule is C[C@H](/C=C\N)CCl. The van der Waals surface area contributed by atoms with E-state index < -0.39 is 0 Å². The Labute approximate surface area is 49.2 Å². The first-order chi connectivity index (χ1) is 3.31. The molecule has 0 bridgehead atoms. The predicted octanol–water partition coefficient (Wildman–Crippen LogP) is 1.33. The van der Waals surface area contributed by atoms with Crippen LogP contribution in [0.1, 0.15) is 6.92 Å². The zero-order valence-corrected chi connectivity index (χ0v) is 5.15. The van der Waals surface area contributed by atoms with Crippen molar-refractivity contribution in [3.8, 4) is 0 Å². The monoisotopic (exact) mass is 119 g/mol. The Bertz CT molecular complexity index is 61.1. The number of allylic oxidation sites excluding steroid dienone is 1. The van der Waals surface area contributed by atoms with Crippen molar-refractivity contribution in [1.82, 2.24) is 0 Å². The lowest BCUT2D eigenvalue weighted by Crippen LogP contribution is -1.90. The summed E-state index contributed by atoms with van der Waals surface area (Å²) in [6.45, 7) is 2.01. The first-order valence-corrected chi connectivity index (χ1v) is 2.79. The van der Waals surface area contributed by atoms with Gasteiger partial charge in [-0.2, -0.15) is 0 Å². The van der Waals surface area contributed by atoms with Gasteiger partial charge < -0.3 is 5.73 Å². The van der Waals surface area contributed by atoms with Gasteiger partial charge in [0.25, 0.3) is 0 Å². The molecule has 0 saturated heterocycles. The molecule has 0 aromatic rings. The van der Waals surface area contributed by atoms with Crippen LogP contribution in [0.2, 0.25) is 0 Å². The molecule has 0 aliphatic rings. The van der Waals surface area contributed by atoms with Crippen molar-refractivity contribution in [3.05, 3.63) is 12.3 Å². The number of hydrogen-bond acceptors (Lipinski definition) is 1. The minimum atomic E-state index is 0.409. The third-order valence-electron chi connectivity index (χ3n) is 0.683. The Kier molecular flexibility index (Phi) is 3.90. The van der Waals surface area contributed by atoms with Gasteiger partial charge in [0.15, 0.2) is 0 Å². The van der Waals surface area contributed by atoms with Crippen LogP contribution in [0.25, 0.3) is 0 Å². The van der Waals surface area contributed by atoms with Crippen LogP contribution in [0, 0.1) is 5.92 Å². The van der Waals surface area contributed by atoms with Gasteiger partial charge in [0, 0.05) is 5.88 Å². The van der Waals surface area contributed by atoms with E-state index in [0.717, 1.165) is 0 Å². The van der Waals surface area contributed by atoms with E-state index in [1.165, 1.54) is 6.20 Å². The van der Waals surface area contributed by atoms with Crippen molar-refractivity contribution >= 4 is 11.6 Å². The highest BCUT2D eigenvalue weighted by Crippen LogP contribution is 1.96. The van der Waals surface area contributed by atoms with Gasteiger partial charge in [-0.05, 0) is 12.1 Å². The zero-order chi connectivity index (χ0) is 5.70. The number of nitrogens with two attached hydrogens (primary N) is 1. The highest BCUT2D eigenvalue weighted by atomic mass is 35.5. The van der Waals surface area contributed by atoms with E-state index in [1.54, 1.807) is 0 Å². The molecule has 0 radical (unpaired) electrons. The van der Waals surface area contributed by atoms with Gasteiger partial charge in [0.2, 0.25) is 0 Å². The quantitative estimate of drug-likeness (QED) is 0.546. The van der Waals surface area contributed by atoms with Crippen LogP contribution in [-0.2, 0) is 0 Å². The van der Waals surface area contributed by atoms with Crippen LogP contribution in [0.15, 0.2) is 12.3 Å². The first-order valence-electron chi connectivity index (χ1n) is 2.25. The Hall–Kier alpha value is -0.170. The molecule has 0 fully saturated rings. The lowest BCUT2D eigenvalue weighted by molar-refractivity contribution is 0.838. The molecule has 1 atom stereocenters. The van der Waals surface area contributed by atoms with Gasteiger partial charge >= 0.3 is 0 Å². The molecule has 0 heterocycles. The molecule has 0 aliphatic heterocycles. The summed E-state index contributed by atoms with van der Waals surface area (Å²) in [6.07, 6.45) is 3.39. The van der Waals surface area contributed by atoms with Crippen LogP contribution in [0.4, 0.5) is 0 Å². The molecule has 0 amide bonds. The molecule has 2 N–H and O–H groups in total. The Morgan fingerprint density at radius 2 is 2.43 bits per heavy atom. The molecule has 2 heteroatoms. The summed E-state index contributed by atoms with van der Waals surface area (Å²) >= 11 is 5.42. The van der Waals surface area contributed by atoms with Crippen molar-refractivity contribution in [1.29, 1.82) is 0 Å². The van der Waals surface area contributed by atoms with E-state index in [4.69, 9.17) is 17.3 Å². The number of hydrogen-bond donors (Lipinski definition) is 1. The smallest absolute Gasteiger partial charge is 0.0284 e. The molecule has 0 rings (SSSR count). The largest absolute Gasteiger partial charge is 0.405 e. The van der Waals surface area contributed by atoms with Gasteiger partial charge in [-0.25, -0.2) is 0 Å². The molecule has 0 aromatic heterocycles. The lowest BCUT2D eigenvalue weighted by Gasteiger charge is -1.93. The summed E-state index contributed by atoms with van der Waals surface area (Å²) in [4.78, 5) is 0. The normalized spacial score (nSPS) is 15.1. The summed E-state index contributed by atoms with van der Waals surface area (Å²) < 4.78 is 0. The molecule has 0 aliphatic carbocycles. The zero-order valence-electron chi connectivity index (χ0n) is 4.39. The molecular formula is C5H10ClN. The second-order valence-corrected chi connectivity index (χ2v) is 1.83. The number of rotatable bonds is 2. The maximum Gasteiger partial charge on any atom is 0.0284 e. The summed E-state index contributed by atoms with van der Waals surface area (Å²) in [5, 5.41) is 0. The van der Waals surface area contributed by atoms with Crippen molar-refractivity contribution < 1.29 is 0 Å². The van der Waals surface area contributed by atoms with Crippen LogP contribution < -0.4 is 5.73 Å². The Morgan fingerprint density at radius 1 is 1.86 bits per heavy atom. The first kappa shape index (κ1) is 6.83. The fraction of sp³-hybridized carbons (Fsp3) is 0.600. The average Bonchev–Trinajstić information content (AvgIpc) is 1.68. The maximum absolute atomic E-state index is 5.42. The van der Waals surface area contributed by atoms with Gasteiger partial charge in [0.05, 0.1) is 0 Å². The maximum atomic E-state index is 5.42. The van der Waals surface area contributed by atoms with Crippen LogP contribution in [0.5, 0.6) is 0 Å². The minimum absolute atomic E-state index is 0.409. The standard InChI is InChI=1S/C5H10ClN/c1-5(4-6)2-3-7/h2-3,5H,4,7H2,1H3/b3-2-/t5-/m1/s1. The highest BCUT2D eigenvalue weighted by Gasteiger charge is 1.88. The fourth-order valence-electron chi connectivity index (χ4n) is 0.241. The summed E-state index contributed by atoms with van der Waals surface area (Å²) in [5.74, 6) is 1.06. The summed E-state index contributed by atoms with van der Waals surface area (Å²) in [5.41, 5.74) is 5.07. The summed E-state index contributed by atoms with van der Waals surface area (Å²) in [7, 11) is 0. The van der Waals surface area contributed by atoms with Gasteiger partial charge in [-0.15, -0.1) is 11.6 Å². The predicted molar refractivity (Wildman–Crippen MR) is 33.2 cm³/mol. The fourth-order valence-corrected chi connectivity index (χ4v) is 0.344. The molecular weight excluding hydrogens is 110 g/mol. The minimum Gasteiger partial charge on any atom is -0.405 e. The molecule has 1 nitrogen and oxygen atoms in total. The molecule has 7 heavy (non-hydrogen) atoms. The van der Waals surface area contributed by atoms with Crippen LogP contribution in [-0.4, -0.2) is 5.88 Å². The van der Waals surface area contributed by atoms with Gasteiger partial charge in [0.1, 0.15) is 0 Å². The van der Waals surface area contributed by atoms with Crippen LogP contribution in [0.3, 0.4) is 0 Å². The second kappa shape index (κ2) is 4.00. The molecule has 42 valence electrons. The van der Waals surface area contributed by atoms with E-state index >= 15 is 0 Å². The molecule has 0 unspecified atom stereocenters. The highest BCUT2D eigenvalue weighted by molar-refractivity contribution is 6.18. The summed E-state index contributed by atoms with van der Waals surface area (Å²) in [6, 6.07) is 0. The van der Waals surface area contributed by atoms with E-state index in [1.807, 2.05) is 13.0 Å². The van der Waals surface area contributed by atoms with E-state index in [2.05, 4.69) is 0 Å². The lowest BCUT2D eigenvalue weighted by atomic mass is 10.2. The third-order valence-corrected chi connectivity index (χ3v) is 1.17. The van der Waals surface area contributed by atoms with Crippen LogP contribution >= 0.6 is 11.6 Å². The second-order valence-electron chi connectivity index (χ2n) is 1.52. The van der Waals surface area contributed by atoms with Crippen molar-refractivity contribution in [2.24, 2.45) is 11.7 Å². The van der Waals surface area contributed by atoms with Crippen molar-refractivity contribution in [2.75, 3.05) is 5.88 Å². The van der Waals surface area contributed by atoms with Crippen molar-refractivity contribution in [2.45, 2.75) is 6.92 Å². The molecule has 0 aromatic carbocycles. The van der Waals surface area contributed by atoms with E-state index in [-0.39, 0.29) is 0 Å². The van der Waals surface area contributed by atoms with Crippen molar-refractivity contribution in [3.63, 3.8) is 0 Å². The Balaban J connectivity index is 3.16. The molecule has 0 saturated carbocycles. The molecule has 0 spiro atoms. The van der Waals surface area contributed by atoms with E-state index in [9.17, 15) is 0 Å². The Morgan fingerprint density at radius 3 is 2.57 bits per heavy atom. The number of alkyl halides is 1. The average molecular weight is 120 g/mol. The number of halogens is 1. The van der Waals surface area contributed by atoms with E-state index in [0.29, 0.717) is 11.8 Å². The topological polar surface area (TPSA) is 26.0 Å². The van der Waals surface area contributed by atoms with Gasteiger partial charge in [-0.3, -0.25) is 0 Å². The van der Waals surface area contributed by atoms with Gasteiger partial charge in [-0.1, -0.05) is 13.0 Å². The third kappa shape index (κ3) is 3.67.